The lowest BCUT2D eigenvalue weighted by Gasteiger charge is -2.45. The number of piperidine rings is 1. The molecule has 1 aromatic rings. The number of carbonyl (C=O) groups is 2. The Labute approximate surface area is 161 Å². The number of likely N-dealkylation sites (tertiary alicyclic amines) is 1. The summed E-state index contributed by atoms with van der Waals surface area (Å²) >= 11 is 0. The Kier molecular flexibility index (Phi) is 5.85. The molecule has 2 amide bonds. The Morgan fingerprint density at radius 3 is 2.74 bits per heavy atom. The molecule has 3 rings (SSSR count). The highest BCUT2D eigenvalue weighted by atomic mass is 16.5. The summed E-state index contributed by atoms with van der Waals surface area (Å²) in [4.78, 5) is 29.7. The molecule has 0 bridgehead atoms. The van der Waals surface area contributed by atoms with E-state index in [2.05, 4.69) is 16.8 Å². The Morgan fingerprint density at radius 1 is 1.33 bits per heavy atom. The predicted molar refractivity (Wildman–Crippen MR) is 105 cm³/mol. The number of nitrogens with one attached hydrogen (secondary N) is 1. The minimum atomic E-state index is -0.485. The van der Waals surface area contributed by atoms with Gasteiger partial charge >= 0.3 is 0 Å². The van der Waals surface area contributed by atoms with Crippen molar-refractivity contribution < 1.29 is 14.3 Å². The van der Waals surface area contributed by atoms with Crippen LogP contribution in [0.5, 0.6) is 5.75 Å². The highest BCUT2D eigenvalue weighted by Gasteiger charge is 2.46. The van der Waals surface area contributed by atoms with Crippen LogP contribution in [0.2, 0.25) is 0 Å². The fraction of sp³-hybridized carbons (Fsp3) is 0.524. The van der Waals surface area contributed by atoms with Gasteiger partial charge in [-0.2, -0.15) is 0 Å². The van der Waals surface area contributed by atoms with Crippen molar-refractivity contribution >= 4 is 11.8 Å². The summed E-state index contributed by atoms with van der Waals surface area (Å²) < 4.78 is 5.37. The molecule has 2 aliphatic rings. The SMILES string of the molecule is C=CCc1cc(C(=O)N2CCC3(CC2)C(=O)NCCCN3C)ccc1OC. The van der Waals surface area contributed by atoms with Gasteiger partial charge in [0.15, 0.2) is 0 Å². The first-order valence-corrected chi connectivity index (χ1v) is 9.58. The average Bonchev–Trinajstić information content (AvgIpc) is 2.82. The van der Waals surface area contributed by atoms with Crippen molar-refractivity contribution in [2.75, 3.05) is 40.3 Å². The van der Waals surface area contributed by atoms with E-state index >= 15 is 0 Å². The number of hydrogen-bond acceptors (Lipinski definition) is 4. The molecule has 6 heteroatoms. The molecule has 2 heterocycles. The molecule has 0 aromatic heterocycles. The summed E-state index contributed by atoms with van der Waals surface area (Å²) in [5.41, 5.74) is 1.12. The van der Waals surface area contributed by atoms with Gasteiger partial charge in [0.05, 0.1) is 7.11 Å². The fourth-order valence-corrected chi connectivity index (χ4v) is 4.17. The van der Waals surface area contributed by atoms with Gasteiger partial charge in [0.2, 0.25) is 5.91 Å². The molecule has 2 aliphatic heterocycles. The molecule has 1 aromatic carbocycles. The molecule has 6 nitrogen and oxygen atoms in total. The van der Waals surface area contributed by atoms with Gasteiger partial charge in [-0.1, -0.05) is 6.08 Å². The van der Waals surface area contributed by atoms with Gasteiger partial charge in [0.25, 0.3) is 5.91 Å². The van der Waals surface area contributed by atoms with E-state index in [-0.39, 0.29) is 11.8 Å². The van der Waals surface area contributed by atoms with E-state index in [9.17, 15) is 9.59 Å². The molecular weight excluding hydrogens is 342 g/mol. The van der Waals surface area contributed by atoms with Crippen LogP contribution in [0.15, 0.2) is 30.9 Å². The van der Waals surface area contributed by atoms with Crippen LogP contribution >= 0.6 is 0 Å². The van der Waals surface area contributed by atoms with Crippen LogP contribution in [0.4, 0.5) is 0 Å². The molecule has 0 unspecified atom stereocenters. The van der Waals surface area contributed by atoms with Crippen molar-refractivity contribution in [3.05, 3.63) is 42.0 Å². The normalized spacial score (nSPS) is 20.1. The van der Waals surface area contributed by atoms with Crippen molar-refractivity contribution in [3.8, 4) is 5.75 Å². The van der Waals surface area contributed by atoms with E-state index in [0.717, 1.165) is 30.8 Å². The van der Waals surface area contributed by atoms with Crippen LogP contribution in [-0.4, -0.2) is 67.5 Å². The standard InChI is InChI=1S/C21H29N3O3/c1-4-6-16-15-17(7-8-18(16)27-3)19(25)24-13-9-21(10-14-24)20(26)22-11-5-12-23(21)2/h4,7-8,15H,1,5-6,9-14H2,2-3H3,(H,22,26). The van der Waals surface area contributed by atoms with E-state index in [1.165, 1.54) is 0 Å². The number of hydrogen-bond donors (Lipinski definition) is 1. The number of benzene rings is 1. The number of rotatable bonds is 4. The van der Waals surface area contributed by atoms with Crippen molar-refractivity contribution in [1.29, 1.82) is 0 Å². The van der Waals surface area contributed by atoms with Crippen LogP contribution < -0.4 is 10.1 Å². The van der Waals surface area contributed by atoms with E-state index < -0.39 is 5.54 Å². The number of likely N-dealkylation sites (N-methyl/N-ethyl adjacent to an activating group) is 1. The minimum Gasteiger partial charge on any atom is -0.496 e. The molecule has 1 spiro atoms. The minimum absolute atomic E-state index is 0.00879. The molecule has 1 N–H and O–H groups in total. The van der Waals surface area contributed by atoms with Crippen LogP contribution in [-0.2, 0) is 11.2 Å². The molecule has 0 aliphatic carbocycles. The largest absolute Gasteiger partial charge is 0.496 e. The van der Waals surface area contributed by atoms with Crippen molar-refractivity contribution in [2.45, 2.75) is 31.2 Å². The van der Waals surface area contributed by atoms with Gasteiger partial charge in [0, 0.05) is 31.7 Å². The first-order valence-electron chi connectivity index (χ1n) is 9.58. The summed E-state index contributed by atoms with van der Waals surface area (Å²) in [5.74, 6) is 0.877. The summed E-state index contributed by atoms with van der Waals surface area (Å²) in [6.07, 6.45) is 4.74. The van der Waals surface area contributed by atoms with Crippen LogP contribution in [0.3, 0.4) is 0 Å². The Balaban J connectivity index is 1.74. The molecule has 2 fully saturated rings. The number of nitrogens with zero attached hydrogens (tertiary/aromatic N) is 2. The third kappa shape index (κ3) is 3.72. The van der Waals surface area contributed by atoms with Crippen molar-refractivity contribution in [3.63, 3.8) is 0 Å². The van der Waals surface area contributed by atoms with Crippen LogP contribution in [0.1, 0.15) is 35.2 Å². The topological polar surface area (TPSA) is 61.9 Å². The Hall–Kier alpha value is -2.34. The van der Waals surface area contributed by atoms with Crippen molar-refractivity contribution in [2.24, 2.45) is 0 Å². The predicted octanol–water partition coefficient (Wildman–Crippen LogP) is 1.85. The quantitative estimate of drug-likeness (QED) is 0.821. The zero-order valence-electron chi connectivity index (χ0n) is 16.3. The first-order chi connectivity index (χ1) is 13.0. The second kappa shape index (κ2) is 8.13. The van der Waals surface area contributed by atoms with Gasteiger partial charge in [-0.25, -0.2) is 0 Å². The zero-order valence-corrected chi connectivity index (χ0v) is 16.3. The average molecular weight is 371 g/mol. The maximum Gasteiger partial charge on any atom is 0.253 e. The number of amides is 2. The lowest BCUT2D eigenvalue weighted by molar-refractivity contribution is -0.134. The second-order valence-electron chi connectivity index (χ2n) is 7.37. The highest BCUT2D eigenvalue weighted by molar-refractivity contribution is 5.95. The van der Waals surface area contributed by atoms with Crippen LogP contribution in [0, 0.1) is 0 Å². The molecule has 2 saturated heterocycles. The zero-order chi connectivity index (χ0) is 19.4. The molecule has 0 radical (unpaired) electrons. The van der Waals surface area contributed by atoms with E-state index in [4.69, 9.17) is 4.74 Å². The third-order valence-electron chi connectivity index (χ3n) is 5.88. The molecule has 0 saturated carbocycles. The van der Waals surface area contributed by atoms with Crippen LogP contribution in [0.25, 0.3) is 0 Å². The maximum atomic E-state index is 13.0. The summed E-state index contributed by atoms with van der Waals surface area (Å²) in [5, 5.41) is 3.04. The second-order valence-corrected chi connectivity index (χ2v) is 7.37. The smallest absolute Gasteiger partial charge is 0.253 e. The summed E-state index contributed by atoms with van der Waals surface area (Å²) in [6.45, 7) is 6.56. The lowest BCUT2D eigenvalue weighted by Crippen LogP contribution is -2.61. The third-order valence-corrected chi connectivity index (χ3v) is 5.88. The fourth-order valence-electron chi connectivity index (χ4n) is 4.17. The summed E-state index contributed by atoms with van der Waals surface area (Å²) in [7, 11) is 3.65. The molecule has 0 atom stereocenters. The monoisotopic (exact) mass is 371 g/mol. The van der Waals surface area contributed by atoms with Gasteiger partial charge < -0.3 is 15.0 Å². The number of ether oxygens (including phenoxy) is 1. The lowest BCUT2D eigenvalue weighted by atomic mass is 9.85. The molecule has 27 heavy (non-hydrogen) atoms. The first kappa shape index (κ1) is 19.4. The number of methoxy groups -OCH3 is 1. The number of carbonyl (C=O) groups excluding carboxylic acids is 2. The van der Waals surface area contributed by atoms with Gasteiger partial charge in [0.1, 0.15) is 11.3 Å². The molecule has 146 valence electrons. The molecular formula is C21H29N3O3. The van der Waals surface area contributed by atoms with E-state index in [1.54, 1.807) is 13.2 Å². The van der Waals surface area contributed by atoms with E-state index in [0.29, 0.717) is 37.9 Å². The highest BCUT2D eigenvalue weighted by Crippen LogP contribution is 2.31. The van der Waals surface area contributed by atoms with Crippen molar-refractivity contribution in [1.82, 2.24) is 15.1 Å². The number of allylic oxidation sites excluding steroid dienone is 1. The Bertz CT molecular complexity index is 723. The maximum absolute atomic E-state index is 13.0. The van der Waals surface area contributed by atoms with Gasteiger partial charge in [-0.05, 0) is 56.5 Å². The van der Waals surface area contributed by atoms with E-state index in [1.807, 2.05) is 30.1 Å². The summed E-state index contributed by atoms with van der Waals surface area (Å²) in [6, 6.07) is 5.53. The van der Waals surface area contributed by atoms with Gasteiger partial charge in [-0.15, -0.1) is 6.58 Å². The van der Waals surface area contributed by atoms with Gasteiger partial charge in [-0.3, -0.25) is 14.5 Å². The Morgan fingerprint density at radius 2 is 2.07 bits per heavy atom.